The zero-order chi connectivity index (χ0) is 14.2. The van der Waals surface area contributed by atoms with Crippen molar-refractivity contribution in [3.63, 3.8) is 0 Å². The second-order valence-corrected chi connectivity index (χ2v) is 5.94. The molecule has 1 saturated heterocycles. The monoisotopic (exact) mass is 328 g/mol. The Kier molecular flexibility index (Phi) is 4.10. The van der Waals surface area contributed by atoms with E-state index in [1.807, 2.05) is 13.0 Å². The Labute approximate surface area is 120 Å². The van der Waals surface area contributed by atoms with Gasteiger partial charge in [-0.2, -0.15) is 0 Å². The SMILES string of the molecule is Cc1cc(N2CCC(C(C)O)C2)c(Br)cc1[N+](=O)[O-]. The van der Waals surface area contributed by atoms with Crippen LogP contribution in [0.3, 0.4) is 0 Å². The number of rotatable bonds is 3. The van der Waals surface area contributed by atoms with Gasteiger partial charge in [0.1, 0.15) is 0 Å². The molecule has 1 aromatic rings. The number of hydrogen-bond donors (Lipinski definition) is 1. The van der Waals surface area contributed by atoms with Crippen molar-refractivity contribution in [3.05, 3.63) is 32.3 Å². The minimum Gasteiger partial charge on any atom is -0.393 e. The fraction of sp³-hybridized carbons (Fsp3) is 0.538. The fourth-order valence-corrected chi connectivity index (χ4v) is 3.08. The smallest absolute Gasteiger partial charge is 0.273 e. The molecule has 1 heterocycles. The first kappa shape index (κ1) is 14.3. The minimum atomic E-state index is -0.369. The van der Waals surface area contributed by atoms with Gasteiger partial charge in [-0.15, -0.1) is 0 Å². The van der Waals surface area contributed by atoms with Crippen LogP contribution in [-0.4, -0.2) is 29.2 Å². The third-order valence-corrected chi connectivity index (χ3v) is 4.34. The van der Waals surface area contributed by atoms with Crippen LogP contribution >= 0.6 is 15.9 Å². The van der Waals surface area contributed by atoms with Crippen molar-refractivity contribution < 1.29 is 10.0 Å². The second-order valence-electron chi connectivity index (χ2n) is 5.08. The van der Waals surface area contributed by atoms with E-state index in [9.17, 15) is 15.2 Å². The number of aliphatic hydroxyl groups excluding tert-OH is 1. The molecule has 0 bridgehead atoms. The molecule has 5 nitrogen and oxygen atoms in total. The molecule has 104 valence electrons. The molecule has 0 aliphatic carbocycles. The molecule has 0 saturated carbocycles. The first-order chi connectivity index (χ1) is 8.90. The zero-order valence-electron chi connectivity index (χ0n) is 11.0. The molecular weight excluding hydrogens is 312 g/mol. The van der Waals surface area contributed by atoms with Gasteiger partial charge in [0, 0.05) is 35.1 Å². The molecule has 2 rings (SSSR count). The van der Waals surface area contributed by atoms with Crippen molar-refractivity contribution in [2.24, 2.45) is 5.92 Å². The van der Waals surface area contributed by atoms with Gasteiger partial charge in [-0.25, -0.2) is 0 Å². The first-order valence-electron chi connectivity index (χ1n) is 6.27. The molecule has 6 heteroatoms. The molecule has 1 N–H and O–H groups in total. The third-order valence-electron chi connectivity index (χ3n) is 3.71. The van der Waals surface area contributed by atoms with E-state index in [4.69, 9.17) is 0 Å². The summed E-state index contributed by atoms with van der Waals surface area (Å²) in [7, 11) is 0. The average molecular weight is 329 g/mol. The molecule has 2 unspecified atom stereocenters. The number of benzene rings is 1. The molecule has 1 fully saturated rings. The molecule has 2 atom stereocenters. The van der Waals surface area contributed by atoms with Crippen LogP contribution < -0.4 is 4.90 Å². The summed E-state index contributed by atoms with van der Waals surface area (Å²) in [5, 5.41) is 20.5. The van der Waals surface area contributed by atoms with E-state index in [1.165, 1.54) is 0 Å². The lowest BCUT2D eigenvalue weighted by atomic mass is 10.0. The average Bonchev–Trinajstić information content (AvgIpc) is 2.80. The number of anilines is 1. The van der Waals surface area contributed by atoms with Gasteiger partial charge in [0.15, 0.2) is 0 Å². The molecule has 1 aliphatic rings. The molecule has 0 aromatic heterocycles. The highest BCUT2D eigenvalue weighted by Gasteiger charge is 2.28. The maximum Gasteiger partial charge on any atom is 0.273 e. The lowest BCUT2D eigenvalue weighted by Crippen LogP contribution is -2.24. The second kappa shape index (κ2) is 5.46. The zero-order valence-corrected chi connectivity index (χ0v) is 12.6. The summed E-state index contributed by atoms with van der Waals surface area (Å²) in [5.74, 6) is 0.266. The number of aliphatic hydroxyl groups is 1. The van der Waals surface area contributed by atoms with Crippen molar-refractivity contribution in [2.45, 2.75) is 26.4 Å². The molecule has 0 spiro atoms. The van der Waals surface area contributed by atoms with Crippen LogP contribution in [0.2, 0.25) is 0 Å². The van der Waals surface area contributed by atoms with Crippen LogP contribution in [-0.2, 0) is 0 Å². The standard InChI is InChI=1S/C13H17BrN2O3/c1-8-5-13(11(14)6-12(8)16(18)19)15-4-3-10(7-15)9(2)17/h5-6,9-10,17H,3-4,7H2,1-2H3. The fourth-order valence-electron chi connectivity index (χ4n) is 2.49. The van der Waals surface area contributed by atoms with Crippen molar-refractivity contribution in [2.75, 3.05) is 18.0 Å². The minimum absolute atomic E-state index is 0.127. The molecule has 0 amide bonds. The van der Waals surface area contributed by atoms with Crippen LogP contribution in [0.4, 0.5) is 11.4 Å². The van der Waals surface area contributed by atoms with Crippen molar-refractivity contribution >= 4 is 27.3 Å². The van der Waals surface area contributed by atoms with Gasteiger partial charge in [-0.1, -0.05) is 0 Å². The number of hydrogen-bond acceptors (Lipinski definition) is 4. The Morgan fingerprint density at radius 2 is 2.26 bits per heavy atom. The van der Waals surface area contributed by atoms with Gasteiger partial charge in [-0.05, 0) is 42.3 Å². The lowest BCUT2D eigenvalue weighted by molar-refractivity contribution is -0.385. The Bertz CT molecular complexity index is 505. The first-order valence-corrected chi connectivity index (χ1v) is 7.07. The number of halogens is 1. The maximum absolute atomic E-state index is 10.9. The van der Waals surface area contributed by atoms with Gasteiger partial charge in [0.05, 0.1) is 16.7 Å². The van der Waals surface area contributed by atoms with Gasteiger partial charge in [0.25, 0.3) is 5.69 Å². The maximum atomic E-state index is 10.9. The predicted octanol–water partition coefficient (Wildman–Crippen LogP) is 2.87. The predicted molar refractivity (Wildman–Crippen MR) is 77.5 cm³/mol. The number of nitro benzene ring substituents is 1. The largest absolute Gasteiger partial charge is 0.393 e. The summed E-state index contributed by atoms with van der Waals surface area (Å²) < 4.78 is 0.732. The highest BCUT2D eigenvalue weighted by Crippen LogP contribution is 2.36. The summed E-state index contributed by atoms with van der Waals surface area (Å²) in [6.07, 6.45) is 0.628. The normalized spacial score (nSPS) is 20.6. The molecular formula is C13H17BrN2O3. The topological polar surface area (TPSA) is 66.6 Å². The van der Waals surface area contributed by atoms with Crippen LogP contribution in [0.1, 0.15) is 18.9 Å². The number of nitrogens with zero attached hydrogens (tertiary/aromatic N) is 2. The quantitative estimate of drug-likeness (QED) is 0.684. The summed E-state index contributed by atoms with van der Waals surface area (Å²) in [6, 6.07) is 3.40. The van der Waals surface area contributed by atoms with Crippen LogP contribution in [0.15, 0.2) is 16.6 Å². The van der Waals surface area contributed by atoms with E-state index < -0.39 is 0 Å². The van der Waals surface area contributed by atoms with Crippen LogP contribution in [0.25, 0.3) is 0 Å². The molecule has 19 heavy (non-hydrogen) atoms. The lowest BCUT2D eigenvalue weighted by Gasteiger charge is -2.21. The summed E-state index contributed by atoms with van der Waals surface area (Å²) in [5.41, 5.74) is 1.75. The molecule has 1 aliphatic heterocycles. The number of aryl methyl sites for hydroxylation is 1. The Hall–Kier alpha value is -1.14. The Morgan fingerprint density at radius 1 is 1.58 bits per heavy atom. The molecule has 0 radical (unpaired) electrons. The number of nitro groups is 1. The van der Waals surface area contributed by atoms with E-state index >= 15 is 0 Å². The highest BCUT2D eigenvalue weighted by atomic mass is 79.9. The summed E-state index contributed by atoms with van der Waals surface area (Å²) >= 11 is 3.41. The Morgan fingerprint density at radius 3 is 2.79 bits per heavy atom. The van der Waals surface area contributed by atoms with E-state index in [-0.39, 0.29) is 22.6 Å². The summed E-state index contributed by atoms with van der Waals surface area (Å²) in [4.78, 5) is 12.7. The van der Waals surface area contributed by atoms with Crippen molar-refractivity contribution in [1.82, 2.24) is 0 Å². The highest BCUT2D eigenvalue weighted by molar-refractivity contribution is 9.10. The van der Waals surface area contributed by atoms with Gasteiger partial charge in [0.2, 0.25) is 0 Å². The van der Waals surface area contributed by atoms with E-state index in [2.05, 4.69) is 20.8 Å². The van der Waals surface area contributed by atoms with E-state index in [0.29, 0.717) is 5.56 Å². The van der Waals surface area contributed by atoms with Gasteiger partial charge in [-0.3, -0.25) is 10.1 Å². The van der Waals surface area contributed by atoms with Gasteiger partial charge >= 0.3 is 0 Å². The molecule has 1 aromatic carbocycles. The van der Waals surface area contributed by atoms with Crippen LogP contribution in [0.5, 0.6) is 0 Å². The van der Waals surface area contributed by atoms with Gasteiger partial charge < -0.3 is 10.0 Å². The summed E-state index contributed by atoms with van der Waals surface area (Å²) in [6.45, 7) is 5.21. The van der Waals surface area contributed by atoms with E-state index in [1.54, 1.807) is 13.0 Å². The van der Waals surface area contributed by atoms with E-state index in [0.717, 1.165) is 29.7 Å². The van der Waals surface area contributed by atoms with Crippen LogP contribution in [0, 0.1) is 23.0 Å². The third kappa shape index (κ3) is 2.90. The van der Waals surface area contributed by atoms with Crippen molar-refractivity contribution in [1.29, 1.82) is 0 Å². The van der Waals surface area contributed by atoms with Crippen molar-refractivity contribution in [3.8, 4) is 0 Å². The Balaban J connectivity index is 2.27.